The van der Waals surface area contributed by atoms with E-state index in [2.05, 4.69) is 174 Å². The molecule has 4 nitrogen and oxygen atoms in total. The Labute approximate surface area is 307 Å². The quantitative estimate of drug-likeness (QED) is 0.176. The molecule has 0 amide bonds. The van der Waals surface area contributed by atoms with Crippen molar-refractivity contribution in [2.45, 2.75) is 0 Å². The van der Waals surface area contributed by atoms with Gasteiger partial charge in [-0.1, -0.05) is 152 Å². The minimum absolute atomic E-state index is 0.679. The third-order valence-corrected chi connectivity index (χ3v) is 10.0. The number of hydrogen-bond acceptors (Lipinski definition) is 3. The van der Waals surface area contributed by atoms with Gasteiger partial charge < -0.3 is 4.40 Å². The van der Waals surface area contributed by atoms with E-state index in [9.17, 15) is 0 Å². The first kappa shape index (κ1) is 30.6. The highest BCUT2D eigenvalue weighted by Crippen LogP contribution is 2.38. The summed E-state index contributed by atoms with van der Waals surface area (Å²) in [5.74, 6) is 0.679. The second-order valence-corrected chi connectivity index (χ2v) is 13.3. The van der Waals surface area contributed by atoms with E-state index in [1.807, 2.05) is 24.4 Å². The molecular formula is C49H32N4. The van der Waals surface area contributed by atoms with Crippen LogP contribution in [0.3, 0.4) is 0 Å². The van der Waals surface area contributed by atoms with E-state index in [0.29, 0.717) is 5.82 Å². The lowest BCUT2D eigenvalue weighted by atomic mass is 9.99. The lowest BCUT2D eigenvalue weighted by molar-refractivity contribution is 1.18. The van der Waals surface area contributed by atoms with Crippen molar-refractivity contribution in [2.24, 2.45) is 0 Å². The van der Waals surface area contributed by atoms with Gasteiger partial charge in [-0.3, -0.25) is 4.98 Å². The number of hydrogen-bond donors (Lipinski definition) is 0. The van der Waals surface area contributed by atoms with Crippen molar-refractivity contribution in [3.63, 3.8) is 0 Å². The summed E-state index contributed by atoms with van der Waals surface area (Å²) in [6, 6.07) is 65.9. The molecule has 3 aromatic heterocycles. The molecule has 248 valence electrons. The largest absolute Gasteiger partial charge is 0.306 e. The van der Waals surface area contributed by atoms with Gasteiger partial charge in [-0.25, -0.2) is 9.97 Å². The van der Waals surface area contributed by atoms with Crippen LogP contribution in [0.4, 0.5) is 0 Å². The Balaban J connectivity index is 1.11. The first-order valence-electron chi connectivity index (χ1n) is 17.9. The molecule has 0 unspecified atom stereocenters. The minimum Gasteiger partial charge on any atom is -0.306 e. The van der Waals surface area contributed by atoms with Gasteiger partial charge in [-0.05, 0) is 64.2 Å². The van der Waals surface area contributed by atoms with Crippen molar-refractivity contribution in [3.8, 4) is 67.3 Å². The highest BCUT2D eigenvalue weighted by molar-refractivity contribution is 6.08. The molecule has 3 heterocycles. The fourth-order valence-corrected chi connectivity index (χ4v) is 7.47. The monoisotopic (exact) mass is 676 g/mol. The van der Waals surface area contributed by atoms with Gasteiger partial charge in [-0.2, -0.15) is 0 Å². The van der Waals surface area contributed by atoms with Gasteiger partial charge in [-0.15, -0.1) is 0 Å². The summed E-state index contributed by atoms with van der Waals surface area (Å²) in [4.78, 5) is 15.3. The molecule has 0 saturated heterocycles. The molecule has 0 aliphatic carbocycles. The molecule has 0 radical (unpaired) electrons. The maximum Gasteiger partial charge on any atom is 0.160 e. The molecule has 0 bridgehead atoms. The maximum absolute atomic E-state index is 5.22. The first-order valence-corrected chi connectivity index (χ1v) is 17.9. The number of rotatable bonds is 6. The zero-order valence-electron chi connectivity index (χ0n) is 28.8. The average molecular weight is 677 g/mol. The smallest absolute Gasteiger partial charge is 0.160 e. The van der Waals surface area contributed by atoms with Crippen LogP contribution in [0.2, 0.25) is 0 Å². The Morgan fingerprint density at radius 2 is 0.849 bits per heavy atom. The maximum atomic E-state index is 5.22. The van der Waals surface area contributed by atoms with Crippen LogP contribution < -0.4 is 0 Å². The zero-order chi connectivity index (χ0) is 35.1. The van der Waals surface area contributed by atoms with Crippen LogP contribution >= 0.6 is 0 Å². The Morgan fingerprint density at radius 3 is 1.49 bits per heavy atom. The van der Waals surface area contributed by atoms with Crippen LogP contribution in [0, 0.1) is 0 Å². The topological polar surface area (TPSA) is 43.1 Å². The molecule has 0 aliphatic rings. The van der Waals surface area contributed by atoms with E-state index in [-0.39, 0.29) is 0 Å². The lowest BCUT2D eigenvalue weighted by Gasteiger charge is -2.12. The first-order chi connectivity index (χ1) is 26.3. The van der Waals surface area contributed by atoms with Crippen molar-refractivity contribution >= 4 is 27.5 Å². The summed E-state index contributed by atoms with van der Waals surface area (Å²) in [6.45, 7) is 0. The SMILES string of the molecule is c1ccc(-c2cccc(-c3cc(-c4cccc(-c5ccccc5)c4)nc(-c4ccc(-c5c6ccccc6n6c5cnc5ccccc56)cc4)n3)c2)cc1. The van der Waals surface area contributed by atoms with Gasteiger partial charge in [0.25, 0.3) is 0 Å². The van der Waals surface area contributed by atoms with E-state index in [1.54, 1.807) is 0 Å². The summed E-state index contributed by atoms with van der Waals surface area (Å²) in [5.41, 5.74) is 16.0. The van der Waals surface area contributed by atoms with Gasteiger partial charge in [0.15, 0.2) is 5.82 Å². The van der Waals surface area contributed by atoms with Gasteiger partial charge in [0, 0.05) is 27.6 Å². The molecule has 0 N–H and O–H groups in total. The summed E-state index contributed by atoms with van der Waals surface area (Å²) >= 11 is 0. The third-order valence-electron chi connectivity index (χ3n) is 10.0. The molecule has 10 rings (SSSR count). The van der Waals surface area contributed by atoms with E-state index in [0.717, 1.165) is 72.4 Å². The van der Waals surface area contributed by atoms with Crippen molar-refractivity contribution in [2.75, 3.05) is 0 Å². The molecule has 0 atom stereocenters. The molecule has 7 aromatic carbocycles. The van der Waals surface area contributed by atoms with Crippen LogP contribution in [0.1, 0.15) is 0 Å². The number of aromatic nitrogens is 4. The van der Waals surface area contributed by atoms with Crippen molar-refractivity contribution in [3.05, 3.63) is 194 Å². The van der Waals surface area contributed by atoms with Crippen LogP contribution in [-0.2, 0) is 0 Å². The van der Waals surface area contributed by atoms with Crippen molar-refractivity contribution < 1.29 is 0 Å². The van der Waals surface area contributed by atoms with Crippen LogP contribution in [0.25, 0.3) is 94.7 Å². The molecule has 4 heteroatoms. The molecule has 0 aliphatic heterocycles. The number of para-hydroxylation sites is 3. The summed E-state index contributed by atoms with van der Waals surface area (Å²) in [5, 5.41) is 1.19. The fourth-order valence-electron chi connectivity index (χ4n) is 7.47. The van der Waals surface area contributed by atoms with Crippen molar-refractivity contribution in [1.29, 1.82) is 0 Å². The molecular weight excluding hydrogens is 645 g/mol. The third kappa shape index (κ3) is 5.54. The number of nitrogens with zero attached hydrogens (tertiary/aromatic N) is 4. The molecule has 0 saturated carbocycles. The number of benzene rings is 7. The predicted molar refractivity (Wildman–Crippen MR) is 218 cm³/mol. The van der Waals surface area contributed by atoms with Crippen LogP contribution in [0.15, 0.2) is 194 Å². The van der Waals surface area contributed by atoms with Crippen LogP contribution in [-0.4, -0.2) is 19.4 Å². The van der Waals surface area contributed by atoms with E-state index in [1.165, 1.54) is 16.5 Å². The molecule has 0 fully saturated rings. The summed E-state index contributed by atoms with van der Waals surface area (Å²) < 4.78 is 2.33. The molecule has 53 heavy (non-hydrogen) atoms. The minimum atomic E-state index is 0.679. The Morgan fingerprint density at radius 1 is 0.340 bits per heavy atom. The summed E-state index contributed by atoms with van der Waals surface area (Å²) in [6.07, 6.45) is 2.00. The fraction of sp³-hybridized carbons (Fsp3) is 0. The van der Waals surface area contributed by atoms with E-state index < -0.39 is 0 Å². The normalized spacial score (nSPS) is 11.4. The number of fused-ring (bicyclic) bond motifs is 5. The van der Waals surface area contributed by atoms with Gasteiger partial charge in [0.05, 0.1) is 39.7 Å². The van der Waals surface area contributed by atoms with Gasteiger partial charge in [0.2, 0.25) is 0 Å². The van der Waals surface area contributed by atoms with E-state index >= 15 is 0 Å². The van der Waals surface area contributed by atoms with Gasteiger partial charge in [0.1, 0.15) is 0 Å². The van der Waals surface area contributed by atoms with Crippen LogP contribution in [0.5, 0.6) is 0 Å². The second-order valence-electron chi connectivity index (χ2n) is 13.3. The lowest BCUT2D eigenvalue weighted by Crippen LogP contribution is -1.96. The van der Waals surface area contributed by atoms with E-state index in [4.69, 9.17) is 15.0 Å². The second kappa shape index (κ2) is 12.9. The van der Waals surface area contributed by atoms with Crippen molar-refractivity contribution in [1.82, 2.24) is 19.4 Å². The Hall–Kier alpha value is -7.17. The Kier molecular flexibility index (Phi) is 7.43. The summed E-state index contributed by atoms with van der Waals surface area (Å²) in [7, 11) is 0. The average Bonchev–Trinajstić information content (AvgIpc) is 3.59. The molecule has 10 aromatic rings. The molecule has 0 spiro atoms. The highest BCUT2D eigenvalue weighted by Gasteiger charge is 2.17. The Bertz CT molecular complexity index is 2830. The highest BCUT2D eigenvalue weighted by atomic mass is 14.9. The van der Waals surface area contributed by atoms with Gasteiger partial charge >= 0.3 is 0 Å². The zero-order valence-corrected chi connectivity index (χ0v) is 28.8. The standard InChI is InChI=1S/C49H32N4/c1-3-13-33(14-4-1)37-17-11-19-39(29-37)43-31-44(40-20-12-18-38(30-40)34-15-5-2-6-16-34)52-49(51-43)36-27-25-35(26-28-36)48-41-21-7-9-23-45(41)53-46-24-10-8-22-42(46)50-32-47(48)53/h1-32H. The predicted octanol–water partition coefficient (Wildman–Crippen LogP) is 12.4.